The fourth-order valence-electron chi connectivity index (χ4n) is 4.11. The molecule has 0 amide bonds. The summed E-state index contributed by atoms with van der Waals surface area (Å²) < 4.78 is 20.9. The van der Waals surface area contributed by atoms with E-state index in [1.165, 1.54) is 19.2 Å². The van der Waals surface area contributed by atoms with Crippen LogP contribution in [-0.2, 0) is 9.53 Å². The van der Waals surface area contributed by atoms with Crippen LogP contribution in [0.15, 0.2) is 66.2 Å². The summed E-state index contributed by atoms with van der Waals surface area (Å²) in [6.45, 7) is 6.15. The minimum Gasteiger partial charge on any atom is -0.466 e. The SMILES string of the molecule is COC(=O)C1=C(c2ccc(F)cc2)c2c(-c3ccccc3)cc(C)n2NC1C(C)C. The zero-order valence-corrected chi connectivity index (χ0v) is 17.6. The van der Waals surface area contributed by atoms with Gasteiger partial charge in [-0.2, -0.15) is 0 Å². The summed E-state index contributed by atoms with van der Waals surface area (Å²) in [5.41, 5.74) is 9.57. The number of hydrogen-bond donors (Lipinski definition) is 1. The third kappa shape index (κ3) is 3.30. The summed E-state index contributed by atoms with van der Waals surface area (Å²) in [5.74, 6) is -0.572. The lowest BCUT2D eigenvalue weighted by atomic mass is 9.85. The van der Waals surface area contributed by atoms with Gasteiger partial charge in [0.05, 0.1) is 24.4 Å². The summed E-state index contributed by atoms with van der Waals surface area (Å²) in [6, 6.07) is 18.2. The van der Waals surface area contributed by atoms with Gasteiger partial charge in [-0.25, -0.2) is 9.18 Å². The molecule has 1 aliphatic rings. The predicted octanol–water partition coefficient (Wildman–Crippen LogP) is 5.16. The smallest absolute Gasteiger partial charge is 0.336 e. The van der Waals surface area contributed by atoms with E-state index < -0.39 is 0 Å². The summed E-state index contributed by atoms with van der Waals surface area (Å²) in [7, 11) is 1.39. The number of fused-ring (bicyclic) bond motifs is 1. The van der Waals surface area contributed by atoms with Crippen molar-refractivity contribution in [1.82, 2.24) is 4.68 Å². The molecule has 0 spiro atoms. The number of carbonyl (C=O) groups excluding carboxylic acids is 1. The van der Waals surface area contributed by atoms with E-state index in [0.717, 1.165) is 33.7 Å². The van der Waals surface area contributed by atoms with Crippen LogP contribution < -0.4 is 5.43 Å². The number of esters is 1. The van der Waals surface area contributed by atoms with Gasteiger partial charge in [0.2, 0.25) is 0 Å². The van der Waals surface area contributed by atoms with Crippen LogP contribution in [0.3, 0.4) is 0 Å². The van der Waals surface area contributed by atoms with Crippen molar-refractivity contribution in [1.29, 1.82) is 0 Å². The molecule has 3 aromatic rings. The van der Waals surface area contributed by atoms with Crippen LogP contribution in [0.4, 0.5) is 4.39 Å². The fraction of sp³-hybridized carbons (Fsp3) is 0.240. The molecule has 1 aromatic heterocycles. The van der Waals surface area contributed by atoms with Gasteiger partial charge in [0, 0.05) is 16.8 Å². The third-order valence-corrected chi connectivity index (χ3v) is 5.56. The van der Waals surface area contributed by atoms with Crippen LogP contribution in [0.1, 0.15) is 30.8 Å². The summed E-state index contributed by atoms with van der Waals surface area (Å²) in [4.78, 5) is 13.0. The molecule has 5 heteroatoms. The van der Waals surface area contributed by atoms with Crippen molar-refractivity contribution in [2.24, 2.45) is 5.92 Å². The highest BCUT2D eigenvalue weighted by molar-refractivity contribution is 6.05. The Labute approximate surface area is 176 Å². The lowest BCUT2D eigenvalue weighted by molar-refractivity contribution is -0.136. The second-order valence-electron chi connectivity index (χ2n) is 7.89. The Morgan fingerprint density at radius 2 is 1.73 bits per heavy atom. The van der Waals surface area contributed by atoms with E-state index in [4.69, 9.17) is 4.74 Å². The van der Waals surface area contributed by atoms with Crippen LogP contribution in [0.2, 0.25) is 0 Å². The first kappa shape index (κ1) is 20.0. The highest BCUT2D eigenvalue weighted by Crippen LogP contribution is 2.41. The Hall–Kier alpha value is -3.34. The van der Waals surface area contributed by atoms with Crippen molar-refractivity contribution in [2.75, 3.05) is 12.5 Å². The lowest BCUT2D eigenvalue weighted by Crippen LogP contribution is -2.42. The highest BCUT2D eigenvalue weighted by Gasteiger charge is 2.36. The number of methoxy groups -OCH3 is 1. The second-order valence-corrected chi connectivity index (χ2v) is 7.89. The number of nitrogens with one attached hydrogen (secondary N) is 1. The maximum absolute atomic E-state index is 13.7. The zero-order valence-electron chi connectivity index (χ0n) is 17.6. The number of benzene rings is 2. The molecule has 1 N–H and O–H groups in total. The van der Waals surface area contributed by atoms with Gasteiger partial charge in [0.25, 0.3) is 0 Å². The molecule has 30 heavy (non-hydrogen) atoms. The molecule has 1 atom stereocenters. The van der Waals surface area contributed by atoms with Crippen molar-refractivity contribution in [3.63, 3.8) is 0 Å². The first-order valence-electron chi connectivity index (χ1n) is 10.1. The molecule has 0 saturated heterocycles. The maximum atomic E-state index is 13.7. The number of nitrogens with zero attached hydrogens (tertiary/aromatic N) is 1. The number of hydrogen-bond acceptors (Lipinski definition) is 3. The van der Waals surface area contributed by atoms with Crippen LogP contribution in [0.5, 0.6) is 0 Å². The third-order valence-electron chi connectivity index (χ3n) is 5.56. The topological polar surface area (TPSA) is 43.3 Å². The molecule has 0 bridgehead atoms. The molecule has 0 fully saturated rings. The minimum absolute atomic E-state index is 0.129. The van der Waals surface area contributed by atoms with Crippen molar-refractivity contribution in [3.8, 4) is 11.1 Å². The van der Waals surface area contributed by atoms with Gasteiger partial charge < -0.3 is 10.2 Å². The van der Waals surface area contributed by atoms with E-state index in [9.17, 15) is 9.18 Å². The van der Waals surface area contributed by atoms with Crippen molar-refractivity contribution in [3.05, 3.63) is 89.0 Å². The Kier molecular flexibility index (Phi) is 5.20. The standard InChI is InChI=1S/C25H25FN2O2/c1-15(2)23-22(25(29)30-4)21(18-10-12-19(26)13-11-18)24-20(14-16(3)28(24)27-23)17-8-6-5-7-9-17/h5-15,23,27H,1-4H3. The van der Waals surface area contributed by atoms with Crippen LogP contribution in [-0.4, -0.2) is 23.8 Å². The maximum Gasteiger partial charge on any atom is 0.336 e. The Morgan fingerprint density at radius 3 is 2.33 bits per heavy atom. The molecule has 0 radical (unpaired) electrons. The minimum atomic E-state index is -0.385. The van der Waals surface area contributed by atoms with Gasteiger partial charge >= 0.3 is 5.97 Å². The molecule has 4 nitrogen and oxygen atoms in total. The van der Waals surface area contributed by atoms with Crippen LogP contribution >= 0.6 is 0 Å². The van der Waals surface area contributed by atoms with Gasteiger partial charge in [-0.05, 0) is 42.2 Å². The molecule has 0 aliphatic carbocycles. The van der Waals surface area contributed by atoms with Crippen LogP contribution in [0, 0.1) is 18.7 Å². The van der Waals surface area contributed by atoms with E-state index >= 15 is 0 Å². The average molecular weight is 404 g/mol. The van der Waals surface area contributed by atoms with E-state index in [1.807, 2.05) is 41.9 Å². The molecular formula is C25H25FN2O2. The van der Waals surface area contributed by atoms with Crippen LogP contribution in [0.25, 0.3) is 16.7 Å². The average Bonchev–Trinajstić information content (AvgIpc) is 3.09. The normalized spacial score (nSPS) is 15.7. The quantitative estimate of drug-likeness (QED) is 0.611. The molecule has 1 aliphatic heterocycles. The molecule has 0 saturated carbocycles. The van der Waals surface area contributed by atoms with Gasteiger partial charge in [-0.15, -0.1) is 0 Å². The Balaban J connectivity index is 2.09. The van der Waals surface area contributed by atoms with Gasteiger partial charge in [0.1, 0.15) is 5.82 Å². The zero-order chi connectivity index (χ0) is 21.4. The predicted molar refractivity (Wildman–Crippen MR) is 117 cm³/mol. The van der Waals surface area contributed by atoms with E-state index in [2.05, 4.69) is 25.3 Å². The van der Waals surface area contributed by atoms with Crippen molar-refractivity contribution < 1.29 is 13.9 Å². The highest BCUT2D eigenvalue weighted by atomic mass is 19.1. The summed E-state index contributed by atoms with van der Waals surface area (Å²) >= 11 is 0. The fourth-order valence-corrected chi connectivity index (χ4v) is 4.11. The number of halogens is 1. The van der Waals surface area contributed by atoms with Crippen molar-refractivity contribution in [2.45, 2.75) is 26.8 Å². The first-order chi connectivity index (χ1) is 14.4. The molecule has 4 rings (SSSR count). The van der Waals surface area contributed by atoms with Crippen molar-refractivity contribution >= 4 is 11.5 Å². The van der Waals surface area contributed by atoms with E-state index in [-0.39, 0.29) is 23.7 Å². The number of rotatable bonds is 4. The van der Waals surface area contributed by atoms with Gasteiger partial charge in [-0.3, -0.25) is 4.68 Å². The lowest BCUT2D eigenvalue weighted by Gasteiger charge is -2.34. The molecule has 2 aromatic carbocycles. The summed E-state index contributed by atoms with van der Waals surface area (Å²) in [5, 5.41) is 0. The Bertz CT molecular complexity index is 1110. The van der Waals surface area contributed by atoms with E-state index in [1.54, 1.807) is 12.1 Å². The summed E-state index contributed by atoms with van der Waals surface area (Å²) in [6.07, 6.45) is 0. The van der Waals surface area contributed by atoms with Gasteiger partial charge in [-0.1, -0.05) is 56.3 Å². The monoisotopic (exact) mass is 404 g/mol. The second kappa shape index (κ2) is 7.82. The first-order valence-corrected chi connectivity index (χ1v) is 10.1. The largest absolute Gasteiger partial charge is 0.466 e. The van der Waals surface area contributed by atoms with E-state index in [0.29, 0.717) is 5.57 Å². The Morgan fingerprint density at radius 1 is 1.07 bits per heavy atom. The number of carbonyl (C=O) groups is 1. The molecular weight excluding hydrogens is 379 g/mol. The number of aryl methyl sites for hydroxylation is 1. The van der Waals surface area contributed by atoms with Gasteiger partial charge in [0.15, 0.2) is 0 Å². The molecule has 2 heterocycles. The number of aromatic nitrogens is 1. The molecule has 154 valence electrons. The molecule has 1 unspecified atom stereocenters. The number of ether oxygens (including phenoxy) is 1.